The summed E-state index contributed by atoms with van der Waals surface area (Å²) in [5.41, 5.74) is 13.4. The van der Waals surface area contributed by atoms with E-state index in [1.165, 1.54) is 0 Å². The van der Waals surface area contributed by atoms with Crippen LogP contribution in [0.1, 0.15) is 16.8 Å². The summed E-state index contributed by atoms with van der Waals surface area (Å²) >= 11 is 0. The second-order valence-corrected chi connectivity index (χ2v) is 6.53. The van der Waals surface area contributed by atoms with E-state index in [4.69, 9.17) is 11.5 Å². The highest BCUT2D eigenvalue weighted by Crippen LogP contribution is 2.20. The summed E-state index contributed by atoms with van der Waals surface area (Å²) in [6, 6.07) is 8.87. The minimum atomic E-state index is -0.0690. The molecule has 1 saturated heterocycles. The fourth-order valence-corrected chi connectivity index (χ4v) is 3.19. The van der Waals surface area contributed by atoms with Crippen LogP contribution in [0.15, 0.2) is 43.0 Å². The maximum absolute atomic E-state index is 12.4. The van der Waals surface area contributed by atoms with Gasteiger partial charge in [-0.3, -0.25) is 9.69 Å². The van der Waals surface area contributed by atoms with E-state index >= 15 is 0 Å². The Hall–Kier alpha value is -2.93. The van der Waals surface area contributed by atoms with Crippen LogP contribution in [0.5, 0.6) is 0 Å². The number of hydrogen-bond donors (Lipinski definition) is 3. The van der Waals surface area contributed by atoms with Crippen LogP contribution in [-0.2, 0) is 0 Å². The minimum absolute atomic E-state index is 0.0690. The first-order valence-electron chi connectivity index (χ1n) is 8.67. The zero-order valence-electron chi connectivity index (χ0n) is 14.7. The van der Waals surface area contributed by atoms with Crippen LogP contribution in [-0.4, -0.2) is 47.0 Å². The number of likely N-dealkylation sites (tertiary alicyclic amines) is 1. The molecule has 1 aliphatic rings. The monoisotopic (exact) mass is 352 g/mol. The van der Waals surface area contributed by atoms with Gasteiger partial charge in [0.1, 0.15) is 5.82 Å². The summed E-state index contributed by atoms with van der Waals surface area (Å²) in [6.45, 7) is 7.43. The van der Waals surface area contributed by atoms with Crippen LogP contribution in [0.4, 0.5) is 11.8 Å². The van der Waals surface area contributed by atoms with Gasteiger partial charge in [0.05, 0.1) is 5.69 Å². The summed E-state index contributed by atoms with van der Waals surface area (Å²) in [6.07, 6.45) is 3.02. The Bertz CT molecular complexity index is 769. The number of carbonyl (C=O) groups is 1. The Balaban J connectivity index is 1.58. The summed E-state index contributed by atoms with van der Waals surface area (Å²) in [5.74, 6) is 0.867. The van der Waals surface area contributed by atoms with Gasteiger partial charge in [-0.2, -0.15) is 4.98 Å². The van der Waals surface area contributed by atoms with E-state index in [1.807, 2.05) is 18.2 Å². The lowest BCUT2D eigenvalue weighted by atomic mass is 10.1. The van der Waals surface area contributed by atoms with Gasteiger partial charge >= 0.3 is 0 Å². The lowest BCUT2D eigenvalue weighted by Crippen LogP contribution is -2.31. The van der Waals surface area contributed by atoms with Crippen LogP contribution in [0.3, 0.4) is 0 Å². The number of aromatic nitrogens is 2. The third kappa shape index (κ3) is 4.37. The molecule has 7 nitrogen and oxygen atoms in total. The molecular weight excluding hydrogens is 328 g/mol. The number of nitrogen functional groups attached to an aromatic ring is 2. The molecule has 1 aliphatic heterocycles. The number of nitrogens with two attached hydrogens (primary N) is 2. The molecule has 2 heterocycles. The van der Waals surface area contributed by atoms with Gasteiger partial charge in [0.25, 0.3) is 5.91 Å². The Morgan fingerprint density at radius 1 is 1.31 bits per heavy atom. The van der Waals surface area contributed by atoms with E-state index < -0.39 is 0 Å². The van der Waals surface area contributed by atoms with Crippen molar-refractivity contribution in [2.24, 2.45) is 5.92 Å². The lowest BCUT2D eigenvalue weighted by Gasteiger charge is -2.14. The van der Waals surface area contributed by atoms with Crippen molar-refractivity contribution >= 4 is 17.7 Å². The molecule has 0 unspecified atom stereocenters. The first-order chi connectivity index (χ1) is 12.5. The second kappa shape index (κ2) is 7.97. The van der Waals surface area contributed by atoms with Crippen LogP contribution in [0.25, 0.3) is 11.3 Å². The molecule has 136 valence electrons. The standard InChI is InChI=1S/C19H24N6O/c1-2-8-25-9-7-13(12-25)11-22-18(26)15-5-3-14(4-6-15)16-10-17(20)24-19(21)23-16/h2-6,10,13H,1,7-9,11-12H2,(H,22,26)(H4,20,21,23,24)/t13-/m1/s1. The van der Waals surface area contributed by atoms with Gasteiger partial charge in [0.2, 0.25) is 5.95 Å². The molecule has 5 N–H and O–H groups in total. The van der Waals surface area contributed by atoms with E-state index in [0.717, 1.165) is 31.6 Å². The molecule has 1 fully saturated rings. The van der Waals surface area contributed by atoms with Crippen molar-refractivity contribution in [1.82, 2.24) is 20.2 Å². The quantitative estimate of drug-likeness (QED) is 0.680. The van der Waals surface area contributed by atoms with E-state index in [2.05, 4.69) is 26.8 Å². The largest absolute Gasteiger partial charge is 0.384 e. The normalized spacial score (nSPS) is 17.2. The predicted octanol–water partition coefficient (Wildman–Crippen LogP) is 1.55. The molecule has 1 atom stereocenters. The number of benzene rings is 1. The Kier molecular flexibility index (Phi) is 5.48. The highest BCUT2D eigenvalue weighted by molar-refractivity contribution is 5.94. The first-order valence-corrected chi connectivity index (χ1v) is 8.67. The summed E-state index contributed by atoms with van der Waals surface area (Å²) in [4.78, 5) is 22.7. The third-order valence-corrected chi connectivity index (χ3v) is 4.51. The highest BCUT2D eigenvalue weighted by Gasteiger charge is 2.21. The molecule has 0 saturated carbocycles. The average molecular weight is 352 g/mol. The zero-order chi connectivity index (χ0) is 18.5. The minimum Gasteiger partial charge on any atom is -0.384 e. The average Bonchev–Trinajstić information content (AvgIpc) is 3.07. The molecular formula is C19H24N6O. The van der Waals surface area contributed by atoms with Crippen molar-refractivity contribution in [2.75, 3.05) is 37.6 Å². The molecule has 0 aliphatic carbocycles. The van der Waals surface area contributed by atoms with Crippen molar-refractivity contribution < 1.29 is 4.79 Å². The number of rotatable bonds is 6. The van der Waals surface area contributed by atoms with Crippen molar-refractivity contribution in [3.8, 4) is 11.3 Å². The maximum atomic E-state index is 12.4. The van der Waals surface area contributed by atoms with Crippen molar-refractivity contribution in [1.29, 1.82) is 0 Å². The van der Waals surface area contributed by atoms with Gasteiger partial charge in [-0.05, 0) is 31.0 Å². The number of carbonyl (C=O) groups excluding carboxylic acids is 1. The Morgan fingerprint density at radius 3 is 2.77 bits per heavy atom. The first kappa shape index (κ1) is 17.9. The summed E-state index contributed by atoms with van der Waals surface area (Å²) < 4.78 is 0. The van der Waals surface area contributed by atoms with Crippen molar-refractivity contribution in [3.05, 3.63) is 48.6 Å². The summed E-state index contributed by atoms with van der Waals surface area (Å²) in [5, 5.41) is 3.02. The van der Waals surface area contributed by atoms with E-state index in [-0.39, 0.29) is 11.9 Å². The summed E-state index contributed by atoms with van der Waals surface area (Å²) in [7, 11) is 0. The fraction of sp³-hybridized carbons (Fsp3) is 0.316. The predicted molar refractivity (Wildman–Crippen MR) is 103 cm³/mol. The molecule has 26 heavy (non-hydrogen) atoms. The molecule has 2 aromatic rings. The van der Waals surface area contributed by atoms with Gasteiger partial charge in [0.15, 0.2) is 0 Å². The number of amides is 1. The van der Waals surface area contributed by atoms with Gasteiger partial charge < -0.3 is 16.8 Å². The third-order valence-electron chi connectivity index (χ3n) is 4.51. The molecule has 1 amide bonds. The maximum Gasteiger partial charge on any atom is 0.251 e. The molecule has 1 aromatic heterocycles. The van der Waals surface area contributed by atoms with Crippen molar-refractivity contribution in [2.45, 2.75) is 6.42 Å². The van der Waals surface area contributed by atoms with Gasteiger partial charge in [-0.25, -0.2) is 4.98 Å². The number of anilines is 2. The number of nitrogens with zero attached hydrogens (tertiary/aromatic N) is 3. The van der Waals surface area contributed by atoms with E-state index in [0.29, 0.717) is 29.5 Å². The molecule has 0 radical (unpaired) electrons. The Morgan fingerprint density at radius 2 is 2.08 bits per heavy atom. The Labute approximate surface area is 153 Å². The highest BCUT2D eigenvalue weighted by atomic mass is 16.1. The number of nitrogens with one attached hydrogen (secondary N) is 1. The topological polar surface area (TPSA) is 110 Å². The molecule has 7 heteroatoms. The van der Waals surface area contributed by atoms with Crippen molar-refractivity contribution in [3.63, 3.8) is 0 Å². The van der Waals surface area contributed by atoms with Crippen LogP contribution in [0, 0.1) is 5.92 Å². The zero-order valence-corrected chi connectivity index (χ0v) is 14.7. The molecule has 0 bridgehead atoms. The SMILES string of the molecule is C=CCN1CC[C@H](CNC(=O)c2ccc(-c3cc(N)nc(N)n3)cc2)C1. The second-order valence-electron chi connectivity index (χ2n) is 6.53. The van der Waals surface area contributed by atoms with E-state index in [9.17, 15) is 4.79 Å². The molecule has 3 rings (SSSR count). The molecule has 0 spiro atoms. The number of hydrogen-bond acceptors (Lipinski definition) is 6. The van der Waals surface area contributed by atoms with E-state index in [1.54, 1.807) is 18.2 Å². The molecule has 1 aromatic carbocycles. The van der Waals surface area contributed by atoms with Crippen LogP contribution in [0.2, 0.25) is 0 Å². The van der Waals surface area contributed by atoms with Gasteiger partial charge in [0, 0.05) is 36.8 Å². The van der Waals surface area contributed by atoms with Crippen LogP contribution < -0.4 is 16.8 Å². The smallest absolute Gasteiger partial charge is 0.251 e. The van der Waals surface area contributed by atoms with Crippen LogP contribution >= 0.6 is 0 Å². The fourth-order valence-electron chi connectivity index (χ4n) is 3.19. The van der Waals surface area contributed by atoms with Gasteiger partial charge in [-0.1, -0.05) is 18.2 Å². The van der Waals surface area contributed by atoms with Gasteiger partial charge in [-0.15, -0.1) is 6.58 Å². The lowest BCUT2D eigenvalue weighted by molar-refractivity contribution is 0.0947.